The molecule has 2 aromatic carbocycles. The summed E-state index contributed by atoms with van der Waals surface area (Å²) in [5.41, 5.74) is 0.650. The summed E-state index contributed by atoms with van der Waals surface area (Å²) in [6.45, 7) is 0.573. The molecule has 2 N–H and O–H groups in total. The first-order valence-corrected chi connectivity index (χ1v) is 11.9. The average molecular weight is 450 g/mol. The Hall–Kier alpha value is -3.12. The predicted molar refractivity (Wildman–Crippen MR) is 111 cm³/mol. The number of fused-ring (bicyclic) bond motifs is 1. The summed E-state index contributed by atoms with van der Waals surface area (Å²) in [4.78, 5) is 15.5. The topological polar surface area (TPSA) is 140 Å². The number of benzene rings is 2. The highest BCUT2D eigenvalue weighted by molar-refractivity contribution is 7.92. The Kier molecular flexibility index (Phi) is 4.90. The van der Waals surface area contributed by atoms with E-state index in [9.17, 15) is 21.6 Å². The summed E-state index contributed by atoms with van der Waals surface area (Å²) in [6, 6.07) is 9.48. The van der Waals surface area contributed by atoms with Crippen molar-refractivity contribution in [3.63, 3.8) is 0 Å². The molecule has 0 saturated heterocycles. The molecule has 0 fully saturated rings. The molecule has 0 bridgehead atoms. The largest absolute Gasteiger partial charge is 0.419 e. The van der Waals surface area contributed by atoms with Crippen LogP contribution in [0, 0.1) is 0 Å². The van der Waals surface area contributed by atoms with Gasteiger partial charge in [-0.2, -0.15) is 0 Å². The van der Waals surface area contributed by atoms with Crippen molar-refractivity contribution in [1.29, 1.82) is 0 Å². The number of hydrogen-bond acceptors (Lipinski definition) is 7. The molecule has 30 heavy (non-hydrogen) atoms. The number of aryl methyl sites for hydroxylation is 1. The Morgan fingerprint density at radius 1 is 1.00 bits per heavy atom. The number of aliphatic imine (C=N–C) groups is 1. The number of hydrogen-bond donors (Lipinski definition) is 2. The third kappa shape index (κ3) is 3.83. The van der Waals surface area contributed by atoms with E-state index in [2.05, 4.69) is 14.4 Å². The zero-order chi connectivity index (χ0) is 21.5. The summed E-state index contributed by atoms with van der Waals surface area (Å²) >= 11 is 0. The number of oxazole rings is 1. The van der Waals surface area contributed by atoms with Crippen LogP contribution in [0.15, 0.2) is 66.5 Å². The third-order valence-corrected chi connectivity index (χ3v) is 7.36. The Morgan fingerprint density at radius 2 is 1.73 bits per heavy atom. The summed E-state index contributed by atoms with van der Waals surface area (Å²) in [6.07, 6.45) is 1.33. The number of nitrogens with zero attached hydrogens (tertiary/aromatic N) is 2. The van der Waals surface area contributed by atoms with E-state index in [1.54, 1.807) is 0 Å². The molecule has 0 unspecified atom stereocenters. The predicted octanol–water partition coefficient (Wildman–Crippen LogP) is 1.40. The number of rotatable bonds is 5. The summed E-state index contributed by atoms with van der Waals surface area (Å²) < 4.78 is 61.7. The van der Waals surface area contributed by atoms with Crippen LogP contribution in [0.5, 0.6) is 0 Å². The van der Waals surface area contributed by atoms with Gasteiger partial charge in [0, 0.05) is 26.1 Å². The Labute approximate surface area is 172 Å². The van der Waals surface area contributed by atoms with Gasteiger partial charge in [0.1, 0.15) is 5.84 Å². The van der Waals surface area contributed by atoms with E-state index in [4.69, 9.17) is 4.42 Å². The van der Waals surface area contributed by atoms with E-state index in [0.29, 0.717) is 24.3 Å². The van der Waals surface area contributed by atoms with Crippen LogP contribution in [-0.2, 0) is 27.1 Å². The molecule has 12 heteroatoms. The van der Waals surface area contributed by atoms with E-state index in [0.717, 1.165) is 6.42 Å². The molecule has 4 rings (SSSR count). The molecule has 0 aliphatic carbocycles. The van der Waals surface area contributed by atoms with Crippen molar-refractivity contribution in [2.45, 2.75) is 22.6 Å². The summed E-state index contributed by atoms with van der Waals surface area (Å²) in [5, 5.41) is 0. The van der Waals surface area contributed by atoms with Crippen molar-refractivity contribution >= 4 is 42.7 Å². The monoisotopic (exact) mass is 450 g/mol. The van der Waals surface area contributed by atoms with Gasteiger partial charge >= 0.3 is 5.76 Å². The normalized spacial score (nSPS) is 14.6. The lowest BCUT2D eigenvalue weighted by Gasteiger charge is -2.11. The molecular weight excluding hydrogens is 432 g/mol. The highest BCUT2D eigenvalue weighted by Crippen LogP contribution is 2.22. The van der Waals surface area contributed by atoms with Crippen LogP contribution in [0.2, 0.25) is 0 Å². The van der Waals surface area contributed by atoms with Gasteiger partial charge in [0.15, 0.2) is 5.58 Å². The van der Waals surface area contributed by atoms with Crippen molar-refractivity contribution in [3.05, 3.63) is 53.0 Å². The fraction of sp³-hybridized carbons (Fsp3) is 0.222. The summed E-state index contributed by atoms with van der Waals surface area (Å²) in [7, 11) is -6.43. The number of nitrogens with one attached hydrogen (secondary N) is 2. The van der Waals surface area contributed by atoms with Crippen LogP contribution in [0.3, 0.4) is 0 Å². The Bertz CT molecular complexity index is 1430. The van der Waals surface area contributed by atoms with E-state index < -0.39 is 25.8 Å². The van der Waals surface area contributed by atoms with Crippen LogP contribution >= 0.6 is 0 Å². The van der Waals surface area contributed by atoms with Gasteiger partial charge in [-0.05, 0) is 36.8 Å². The van der Waals surface area contributed by atoms with Crippen LogP contribution in [0.1, 0.15) is 12.8 Å². The fourth-order valence-corrected chi connectivity index (χ4v) is 5.26. The maximum absolute atomic E-state index is 12.8. The quantitative estimate of drug-likeness (QED) is 0.602. The van der Waals surface area contributed by atoms with Gasteiger partial charge in [0.05, 0.1) is 21.0 Å². The van der Waals surface area contributed by atoms with Crippen LogP contribution in [0.25, 0.3) is 11.1 Å². The lowest BCUT2D eigenvalue weighted by molar-refractivity contribution is 0.527. The molecule has 0 spiro atoms. The smallest absolute Gasteiger partial charge is 0.408 e. The van der Waals surface area contributed by atoms with Crippen molar-refractivity contribution in [2.24, 2.45) is 12.0 Å². The van der Waals surface area contributed by atoms with Gasteiger partial charge in [-0.1, -0.05) is 6.07 Å². The minimum atomic E-state index is -4.05. The van der Waals surface area contributed by atoms with Crippen molar-refractivity contribution in [1.82, 2.24) is 9.29 Å². The first-order valence-electron chi connectivity index (χ1n) is 8.94. The lowest BCUT2D eigenvalue weighted by atomic mass is 10.3. The van der Waals surface area contributed by atoms with E-state index in [1.807, 2.05) is 0 Å². The molecular formula is C18H18N4O6S2. The van der Waals surface area contributed by atoms with Gasteiger partial charge in [-0.15, -0.1) is 0 Å². The number of amidine groups is 1. The maximum Gasteiger partial charge on any atom is 0.419 e. The van der Waals surface area contributed by atoms with Gasteiger partial charge < -0.3 is 4.42 Å². The van der Waals surface area contributed by atoms with Crippen molar-refractivity contribution in [3.8, 4) is 0 Å². The zero-order valence-electron chi connectivity index (χ0n) is 15.8. The van der Waals surface area contributed by atoms with E-state index in [-0.39, 0.29) is 21.1 Å². The first kappa shape index (κ1) is 20.2. The van der Waals surface area contributed by atoms with Gasteiger partial charge in [0.25, 0.3) is 20.0 Å². The molecule has 0 saturated carbocycles. The second-order valence-electron chi connectivity index (χ2n) is 6.73. The molecule has 1 aliphatic heterocycles. The van der Waals surface area contributed by atoms with E-state index >= 15 is 0 Å². The maximum atomic E-state index is 12.8. The van der Waals surface area contributed by atoms with Gasteiger partial charge in [-0.25, -0.2) is 21.6 Å². The van der Waals surface area contributed by atoms with Gasteiger partial charge in [-0.3, -0.25) is 19.0 Å². The van der Waals surface area contributed by atoms with Crippen molar-refractivity contribution in [2.75, 3.05) is 11.3 Å². The van der Waals surface area contributed by atoms with Crippen LogP contribution in [-0.4, -0.2) is 33.8 Å². The number of sulfonamides is 2. The molecule has 0 atom stereocenters. The van der Waals surface area contributed by atoms with Gasteiger partial charge in [0.2, 0.25) is 0 Å². The molecule has 158 valence electrons. The minimum Gasteiger partial charge on any atom is -0.408 e. The molecule has 1 aliphatic rings. The minimum absolute atomic E-state index is 0.0702. The highest BCUT2D eigenvalue weighted by atomic mass is 32.2. The highest BCUT2D eigenvalue weighted by Gasteiger charge is 2.21. The molecule has 0 radical (unpaired) electrons. The lowest BCUT2D eigenvalue weighted by Crippen LogP contribution is -2.29. The molecule has 3 aromatic rings. The van der Waals surface area contributed by atoms with Crippen LogP contribution in [0.4, 0.5) is 5.69 Å². The second-order valence-corrected chi connectivity index (χ2v) is 10.1. The van der Waals surface area contributed by atoms with Crippen LogP contribution < -0.4 is 15.2 Å². The van der Waals surface area contributed by atoms with Crippen molar-refractivity contribution < 1.29 is 21.3 Å². The summed E-state index contributed by atoms with van der Waals surface area (Å²) in [5.74, 6) is -0.219. The Morgan fingerprint density at radius 3 is 2.47 bits per heavy atom. The molecule has 0 amide bonds. The first-order chi connectivity index (χ1) is 14.2. The fourth-order valence-electron chi connectivity index (χ4n) is 3.06. The standard InChI is InChI=1S/C18H18N4O6S2/c1-22-15-8-7-14(11-16(15)28-18(22)23)29(24,25)20-12-4-2-5-13(10-12)30(26,27)21-17-6-3-9-19-17/h2,4-5,7-8,10-11,20H,3,6,9H2,1H3,(H,19,21). The third-order valence-electron chi connectivity index (χ3n) is 4.60. The number of aromatic nitrogens is 1. The molecule has 2 heterocycles. The number of anilines is 1. The zero-order valence-corrected chi connectivity index (χ0v) is 17.5. The van der Waals surface area contributed by atoms with E-state index in [1.165, 1.54) is 54.1 Å². The molecule has 1 aromatic heterocycles. The molecule has 10 nitrogen and oxygen atoms in total. The average Bonchev–Trinajstić information content (AvgIpc) is 3.29. The second kappa shape index (κ2) is 7.29. The Balaban J connectivity index is 1.62. The SMILES string of the molecule is Cn1c(=O)oc2cc(S(=O)(=O)Nc3cccc(S(=O)(=O)NC4=NCCC4)c3)ccc21.